The Morgan fingerprint density at radius 2 is 2.00 bits per heavy atom. The number of hydrogen-bond donors (Lipinski definition) is 2. The minimum absolute atomic E-state index is 0.275. The van der Waals surface area contributed by atoms with Crippen LogP contribution in [-0.2, 0) is 4.74 Å². The zero-order chi connectivity index (χ0) is 14.5. The van der Waals surface area contributed by atoms with Crippen LogP contribution >= 0.6 is 0 Å². The molecule has 1 aliphatic rings. The summed E-state index contributed by atoms with van der Waals surface area (Å²) in [6.45, 7) is 11.6. The van der Waals surface area contributed by atoms with Gasteiger partial charge in [0.25, 0.3) is 0 Å². The van der Waals surface area contributed by atoms with Crippen LogP contribution < -0.4 is 10.6 Å². The van der Waals surface area contributed by atoms with Gasteiger partial charge in [-0.15, -0.1) is 0 Å². The summed E-state index contributed by atoms with van der Waals surface area (Å²) in [5, 5.41) is 6.33. The molecule has 0 saturated heterocycles. The average molecular weight is 270 g/mol. The maximum Gasteiger partial charge on any atom is 0.407 e. The lowest BCUT2D eigenvalue weighted by molar-refractivity contribution is 0.0520. The van der Waals surface area contributed by atoms with Gasteiger partial charge in [-0.1, -0.05) is 13.3 Å². The Kier molecular flexibility index (Phi) is 5.65. The van der Waals surface area contributed by atoms with Crippen LogP contribution in [0.4, 0.5) is 4.79 Å². The first-order valence-electron chi connectivity index (χ1n) is 7.47. The molecule has 0 aromatic rings. The SMILES string of the molecule is CCC1(CNC(C)CNC(=O)OC(C)(C)C)CCC1. The maximum atomic E-state index is 11.5. The minimum atomic E-state index is -0.432. The number of carbonyl (C=O) groups excluding carboxylic acids is 1. The van der Waals surface area contributed by atoms with Crippen LogP contribution in [0.1, 0.15) is 60.3 Å². The third-order valence-corrected chi connectivity index (χ3v) is 3.94. The molecule has 19 heavy (non-hydrogen) atoms. The van der Waals surface area contributed by atoms with Gasteiger partial charge in [-0.3, -0.25) is 0 Å². The first-order chi connectivity index (χ1) is 8.76. The number of carbonyl (C=O) groups is 1. The highest BCUT2D eigenvalue weighted by molar-refractivity contribution is 5.67. The van der Waals surface area contributed by atoms with Gasteiger partial charge in [-0.25, -0.2) is 4.79 Å². The molecule has 4 heteroatoms. The fraction of sp³-hybridized carbons (Fsp3) is 0.933. The summed E-state index contributed by atoms with van der Waals surface area (Å²) in [5.74, 6) is 0. The van der Waals surface area contributed by atoms with Gasteiger partial charge in [0.1, 0.15) is 5.60 Å². The second kappa shape index (κ2) is 6.60. The second-order valence-electron chi connectivity index (χ2n) is 6.87. The van der Waals surface area contributed by atoms with Gasteiger partial charge in [0.05, 0.1) is 0 Å². The molecule has 1 rings (SSSR count). The van der Waals surface area contributed by atoms with Crippen molar-refractivity contribution >= 4 is 6.09 Å². The third kappa shape index (κ3) is 5.81. The van der Waals surface area contributed by atoms with Crippen molar-refractivity contribution in [2.75, 3.05) is 13.1 Å². The number of alkyl carbamates (subject to hydrolysis) is 1. The Labute approximate surface area is 117 Å². The van der Waals surface area contributed by atoms with Gasteiger partial charge in [-0.05, 0) is 52.4 Å². The van der Waals surface area contributed by atoms with Crippen LogP contribution in [0.2, 0.25) is 0 Å². The molecular weight excluding hydrogens is 240 g/mol. The molecule has 0 aromatic heterocycles. The molecule has 2 N–H and O–H groups in total. The van der Waals surface area contributed by atoms with Gasteiger partial charge in [-0.2, -0.15) is 0 Å². The summed E-state index contributed by atoms with van der Waals surface area (Å²) in [7, 11) is 0. The zero-order valence-electron chi connectivity index (χ0n) is 13.1. The van der Waals surface area contributed by atoms with Crippen molar-refractivity contribution in [3.63, 3.8) is 0 Å². The van der Waals surface area contributed by atoms with E-state index in [1.165, 1.54) is 25.7 Å². The van der Waals surface area contributed by atoms with Gasteiger partial charge >= 0.3 is 6.09 Å². The molecule has 0 aliphatic heterocycles. The Morgan fingerprint density at radius 3 is 2.42 bits per heavy atom. The molecule has 1 amide bonds. The van der Waals surface area contributed by atoms with Crippen molar-refractivity contribution in [1.82, 2.24) is 10.6 Å². The monoisotopic (exact) mass is 270 g/mol. The zero-order valence-corrected chi connectivity index (χ0v) is 13.1. The highest BCUT2D eigenvalue weighted by Gasteiger charge is 2.34. The smallest absolute Gasteiger partial charge is 0.407 e. The van der Waals surface area contributed by atoms with Crippen molar-refractivity contribution in [2.45, 2.75) is 71.9 Å². The van der Waals surface area contributed by atoms with E-state index in [-0.39, 0.29) is 12.1 Å². The van der Waals surface area contributed by atoms with Crippen molar-refractivity contribution < 1.29 is 9.53 Å². The number of hydrogen-bond acceptors (Lipinski definition) is 3. The Bertz CT molecular complexity index is 288. The molecule has 0 spiro atoms. The van der Waals surface area contributed by atoms with E-state index in [1.54, 1.807) is 0 Å². The first-order valence-corrected chi connectivity index (χ1v) is 7.47. The van der Waals surface area contributed by atoms with Crippen molar-refractivity contribution in [2.24, 2.45) is 5.41 Å². The van der Waals surface area contributed by atoms with Crippen LogP contribution in [0.25, 0.3) is 0 Å². The highest BCUT2D eigenvalue weighted by atomic mass is 16.6. The van der Waals surface area contributed by atoms with Crippen LogP contribution in [0.15, 0.2) is 0 Å². The topological polar surface area (TPSA) is 50.4 Å². The lowest BCUT2D eigenvalue weighted by Crippen LogP contribution is -2.46. The Morgan fingerprint density at radius 1 is 1.37 bits per heavy atom. The quantitative estimate of drug-likeness (QED) is 0.780. The van der Waals surface area contributed by atoms with Gasteiger partial charge in [0.15, 0.2) is 0 Å². The Balaban J connectivity index is 2.17. The fourth-order valence-electron chi connectivity index (χ4n) is 2.35. The molecule has 0 aromatic carbocycles. The molecule has 0 bridgehead atoms. The molecule has 112 valence electrons. The minimum Gasteiger partial charge on any atom is -0.444 e. The molecule has 0 heterocycles. The summed E-state index contributed by atoms with van der Waals surface area (Å²) in [6, 6.07) is 0.275. The van der Waals surface area contributed by atoms with Crippen molar-refractivity contribution in [3.05, 3.63) is 0 Å². The van der Waals surface area contributed by atoms with Crippen molar-refractivity contribution in [3.8, 4) is 0 Å². The highest BCUT2D eigenvalue weighted by Crippen LogP contribution is 2.43. The van der Waals surface area contributed by atoms with E-state index >= 15 is 0 Å². The molecule has 1 atom stereocenters. The van der Waals surface area contributed by atoms with E-state index in [0.29, 0.717) is 12.0 Å². The van der Waals surface area contributed by atoms with Crippen LogP contribution in [0, 0.1) is 5.41 Å². The maximum absolute atomic E-state index is 11.5. The van der Waals surface area contributed by atoms with Crippen LogP contribution in [0.3, 0.4) is 0 Å². The summed E-state index contributed by atoms with van der Waals surface area (Å²) in [5.41, 5.74) is 0.0825. The normalized spacial score (nSPS) is 19.4. The molecule has 0 radical (unpaired) electrons. The number of rotatable bonds is 6. The van der Waals surface area contributed by atoms with Gasteiger partial charge < -0.3 is 15.4 Å². The van der Waals surface area contributed by atoms with Crippen LogP contribution in [0.5, 0.6) is 0 Å². The average Bonchev–Trinajstić information content (AvgIpc) is 2.23. The second-order valence-corrected chi connectivity index (χ2v) is 6.87. The lowest BCUT2D eigenvalue weighted by Gasteiger charge is -2.42. The summed E-state index contributed by atoms with van der Waals surface area (Å²) < 4.78 is 5.21. The lowest BCUT2D eigenvalue weighted by atomic mass is 9.67. The van der Waals surface area contributed by atoms with Gasteiger partial charge in [0.2, 0.25) is 0 Å². The molecule has 4 nitrogen and oxygen atoms in total. The van der Waals surface area contributed by atoms with E-state index in [4.69, 9.17) is 4.74 Å². The van der Waals surface area contributed by atoms with E-state index in [1.807, 2.05) is 20.8 Å². The predicted octanol–water partition coefficient (Wildman–Crippen LogP) is 3.07. The van der Waals surface area contributed by atoms with Gasteiger partial charge in [0, 0.05) is 19.1 Å². The fourth-order valence-corrected chi connectivity index (χ4v) is 2.35. The molecule has 1 aliphatic carbocycles. The third-order valence-electron chi connectivity index (χ3n) is 3.94. The number of nitrogens with one attached hydrogen (secondary N) is 2. The number of amides is 1. The summed E-state index contributed by atoms with van der Waals surface area (Å²) >= 11 is 0. The molecular formula is C15H30N2O2. The van der Waals surface area contributed by atoms with E-state index in [9.17, 15) is 4.79 Å². The molecule has 1 fully saturated rings. The standard InChI is InChI=1S/C15H30N2O2/c1-6-15(8-7-9-15)11-17-12(2)10-16-13(18)19-14(3,4)5/h12,17H,6-11H2,1-5H3,(H,16,18). The van der Waals surface area contributed by atoms with Crippen molar-refractivity contribution in [1.29, 1.82) is 0 Å². The molecule has 1 unspecified atom stereocenters. The number of ether oxygens (including phenoxy) is 1. The Hall–Kier alpha value is -0.770. The largest absolute Gasteiger partial charge is 0.444 e. The van der Waals surface area contributed by atoms with E-state index in [2.05, 4.69) is 24.5 Å². The van der Waals surface area contributed by atoms with Crippen LogP contribution in [-0.4, -0.2) is 30.8 Å². The predicted molar refractivity (Wildman–Crippen MR) is 78.3 cm³/mol. The van der Waals surface area contributed by atoms with E-state index < -0.39 is 5.60 Å². The summed E-state index contributed by atoms with van der Waals surface area (Å²) in [6.07, 6.45) is 4.94. The molecule has 1 saturated carbocycles. The van der Waals surface area contributed by atoms with E-state index in [0.717, 1.165) is 6.54 Å². The first kappa shape index (κ1) is 16.3. The summed E-state index contributed by atoms with van der Waals surface area (Å²) in [4.78, 5) is 11.5.